The summed E-state index contributed by atoms with van der Waals surface area (Å²) in [5.41, 5.74) is 2.76. The quantitative estimate of drug-likeness (QED) is 0.774. The van der Waals surface area contributed by atoms with Gasteiger partial charge in [0.2, 0.25) is 5.91 Å². The molecule has 1 aromatic carbocycles. The van der Waals surface area contributed by atoms with Gasteiger partial charge in [-0.2, -0.15) is 5.10 Å². The predicted molar refractivity (Wildman–Crippen MR) is 95.6 cm³/mol. The van der Waals surface area contributed by atoms with Gasteiger partial charge in [0.1, 0.15) is 5.82 Å². The largest absolute Gasteiger partial charge is 0.352 e. The highest BCUT2D eigenvalue weighted by atomic mass is 19.1. The highest BCUT2D eigenvalue weighted by Crippen LogP contribution is 2.20. The van der Waals surface area contributed by atoms with E-state index in [-0.39, 0.29) is 17.8 Å². The first-order chi connectivity index (χ1) is 12.0. The van der Waals surface area contributed by atoms with E-state index in [9.17, 15) is 9.18 Å². The van der Waals surface area contributed by atoms with Crippen LogP contribution in [-0.2, 0) is 11.2 Å². The second kappa shape index (κ2) is 7.78. The number of carbonyl (C=O) groups excluding carboxylic acids is 1. The molecule has 0 unspecified atom stereocenters. The molecule has 1 atom stereocenters. The van der Waals surface area contributed by atoms with E-state index in [0.717, 1.165) is 49.2 Å². The summed E-state index contributed by atoms with van der Waals surface area (Å²) in [6, 6.07) is 8.61. The van der Waals surface area contributed by atoms with Gasteiger partial charge in [0.15, 0.2) is 0 Å². The van der Waals surface area contributed by atoms with Crippen molar-refractivity contribution in [2.24, 2.45) is 0 Å². The topological polar surface area (TPSA) is 61.0 Å². The molecule has 3 rings (SSSR count). The summed E-state index contributed by atoms with van der Waals surface area (Å²) in [7, 11) is 1.98. The number of aromatic amines is 1. The lowest BCUT2D eigenvalue weighted by Crippen LogP contribution is -2.44. The molecule has 5 nitrogen and oxygen atoms in total. The molecule has 134 valence electrons. The van der Waals surface area contributed by atoms with Gasteiger partial charge in [-0.3, -0.25) is 14.8 Å². The second-order valence-electron chi connectivity index (χ2n) is 6.83. The van der Waals surface area contributed by atoms with Gasteiger partial charge in [0.25, 0.3) is 0 Å². The average molecular weight is 344 g/mol. The molecule has 6 heteroatoms. The molecule has 0 aliphatic heterocycles. The zero-order chi connectivity index (χ0) is 17.8. The van der Waals surface area contributed by atoms with E-state index in [1.54, 1.807) is 12.1 Å². The number of hydrogen-bond acceptors (Lipinski definition) is 3. The Bertz CT molecular complexity index is 708. The number of hydrogen-bond donors (Lipinski definition) is 2. The van der Waals surface area contributed by atoms with E-state index >= 15 is 0 Å². The molecule has 25 heavy (non-hydrogen) atoms. The van der Waals surface area contributed by atoms with E-state index in [2.05, 4.69) is 20.4 Å². The Labute approximate surface area is 147 Å². The minimum absolute atomic E-state index is 0.114. The zero-order valence-corrected chi connectivity index (χ0v) is 14.8. The summed E-state index contributed by atoms with van der Waals surface area (Å²) in [6.07, 6.45) is 4.01. The molecule has 0 bridgehead atoms. The molecule has 0 spiro atoms. The van der Waals surface area contributed by atoms with Crippen molar-refractivity contribution in [1.29, 1.82) is 0 Å². The van der Waals surface area contributed by atoms with Crippen LogP contribution < -0.4 is 5.32 Å². The number of H-pyrrole nitrogens is 1. The van der Waals surface area contributed by atoms with Crippen LogP contribution in [0.1, 0.15) is 31.9 Å². The number of rotatable bonds is 8. The van der Waals surface area contributed by atoms with Crippen LogP contribution in [0.15, 0.2) is 30.3 Å². The Morgan fingerprint density at radius 2 is 2.12 bits per heavy atom. The van der Waals surface area contributed by atoms with Gasteiger partial charge in [-0.1, -0.05) is 0 Å². The van der Waals surface area contributed by atoms with E-state index in [1.165, 1.54) is 12.1 Å². The van der Waals surface area contributed by atoms with Crippen LogP contribution in [0.25, 0.3) is 11.3 Å². The van der Waals surface area contributed by atoms with Crippen molar-refractivity contribution < 1.29 is 9.18 Å². The number of aryl methyl sites for hydroxylation is 1. The maximum Gasteiger partial charge on any atom is 0.237 e. The third kappa shape index (κ3) is 4.89. The van der Waals surface area contributed by atoms with E-state index in [4.69, 9.17) is 0 Å². The fraction of sp³-hybridized carbons (Fsp3) is 0.474. The first-order valence-electron chi connectivity index (χ1n) is 8.84. The minimum atomic E-state index is -0.248. The summed E-state index contributed by atoms with van der Waals surface area (Å²) < 4.78 is 13.0. The Morgan fingerprint density at radius 1 is 1.40 bits per heavy atom. The zero-order valence-electron chi connectivity index (χ0n) is 14.8. The van der Waals surface area contributed by atoms with Crippen molar-refractivity contribution in [2.75, 3.05) is 13.6 Å². The first kappa shape index (κ1) is 17.6. The van der Waals surface area contributed by atoms with Gasteiger partial charge in [-0.05, 0) is 76.5 Å². The Balaban J connectivity index is 1.45. The van der Waals surface area contributed by atoms with Crippen LogP contribution in [0.2, 0.25) is 0 Å². The van der Waals surface area contributed by atoms with Crippen molar-refractivity contribution in [1.82, 2.24) is 20.4 Å². The van der Waals surface area contributed by atoms with Crippen molar-refractivity contribution >= 4 is 5.91 Å². The molecule has 2 aromatic rings. The molecule has 0 radical (unpaired) electrons. The van der Waals surface area contributed by atoms with Crippen LogP contribution in [0.4, 0.5) is 4.39 Å². The predicted octanol–water partition coefficient (Wildman–Crippen LogP) is 2.75. The number of aromatic nitrogens is 2. The highest BCUT2D eigenvalue weighted by Gasteiger charge is 2.26. The van der Waals surface area contributed by atoms with Gasteiger partial charge < -0.3 is 5.32 Å². The summed E-state index contributed by atoms with van der Waals surface area (Å²) in [5.74, 6) is -0.132. The fourth-order valence-electron chi connectivity index (χ4n) is 2.72. The summed E-state index contributed by atoms with van der Waals surface area (Å²) in [6.45, 7) is 2.78. The minimum Gasteiger partial charge on any atom is -0.352 e. The van der Waals surface area contributed by atoms with Crippen molar-refractivity contribution in [2.45, 2.75) is 44.7 Å². The lowest BCUT2D eigenvalue weighted by Gasteiger charge is -2.23. The third-order valence-electron chi connectivity index (χ3n) is 4.69. The number of nitrogens with one attached hydrogen (secondary N) is 2. The molecule has 1 aliphatic rings. The maximum absolute atomic E-state index is 13.0. The van der Waals surface area contributed by atoms with Crippen molar-refractivity contribution in [3.05, 3.63) is 41.8 Å². The first-order valence-corrected chi connectivity index (χ1v) is 8.84. The van der Waals surface area contributed by atoms with Crippen LogP contribution >= 0.6 is 0 Å². The third-order valence-corrected chi connectivity index (χ3v) is 4.69. The van der Waals surface area contributed by atoms with Gasteiger partial charge >= 0.3 is 0 Å². The molecular weight excluding hydrogens is 319 g/mol. The Morgan fingerprint density at radius 3 is 2.80 bits per heavy atom. The molecule has 1 aliphatic carbocycles. The van der Waals surface area contributed by atoms with Gasteiger partial charge in [-0.15, -0.1) is 0 Å². The molecule has 1 saturated carbocycles. The molecule has 1 amide bonds. The number of likely N-dealkylation sites (N-methyl/N-ethyl adjacent to an activating group) is 1. The maximum atomic E-state index is 13.0. The van der Waals surface area contributed by atoms with E-state index in [1.807, 2.05) is 20.0 Å². The summed E-state index contributed by atoms with van der Waals surface area (Å²) in [5, 5.41) is 10.4. The number of halogens is 1. The number of carbonyl (C=O) groups is 1. The molecular formula is C19H25FN4O. The molecule has 2 N–H and O–H groups in total. The van der Waals surface area contributed by atoms with E-state index < -0.39 is 0 Å². The van der Waals surface area contributed by atoms with Crippen molar-refractivity contribution in [3.8, 4) is 11.3 Å². The van der Waals surface area contributed by atoms with E-state index in [0.29, 0.717) is 6.04 Å². The van der Waals surface area contributed by atoms with Crippen molar-refractivity contribution in [3.63, 3.8) is 0 Å². The summed E-state index contributed by atoms with van der Waals surface area (Å²) >= 11 is 0. The summed E-state index contributed by atoms with van der Waals surface area (Å²) in [4.78, 5) is 14.1. The average Bonchev–Trinajstić information content (AvgIpc) is 3.29. The lowest BCUT2D eigenvalue weighted by atomic mass is 10.1. The molecule has 0 saturated heterocycles. The molecule has 1 fully saturated rings. The van der Waals surface area contributed by atoms with Crippen LogP contribution in [0, 0.1) is 5.82 Å². The fourth-order valence-corrected chi connectivity index (χ4v) is 2.72. The van der Waals surface area contributed by atoms with Crippen LogP contribution in [0.5, 0.6) is 0 Å². The SMILES string of the molecule is C[C@@H](C(=O)NC1CC1)N(C)CCCc1cc(-c2ccc(F)cc2)n[nH]1. The molecule has 1 aromatic heterocycles. The van der Waals surface area contributed by atoms with Crippen LogP contribution in [-0.4, -0.2) is 46.7 Å². The van der Waals surface area contributed by atoms with Gasteiger partial charge in [0, 0.05) is 17.3 Å². The van der Waals surface area contributed by atoms with Crippen LogP contribution in [0.3, 0.4) is 0 Å². The number of amides is 1. The standard InChI is InChI=1S/C19H25FN4O/c1-13(19(25)21-16-9-10-16)24(2)11-3-4-17-12-18(23-22-17)14-5-7-15(20)8-6-14/h5-8,12-13,16H,3-4,9-11H2,1-2H3,(H,21,25)(H,22,23)/t13-/m0/s1. The normalized spacial score (nSPS) is 15.4. The second-order valence-corrected chi connectivity index (χ2v) is 6.83. The van der Waals surface area contributed by atoms with Gasteiger partial charge in [0.05, 0.1) is 11.7 Å². The monoisotopic (exact) mass is 344 g/mol. The molecule has 1 heterocycles. The lowest BCUT2D eigenvalue weighted by molar-refractivity contribution is -0.125. The Hall–Kier alpha value is -2.21. The highest BCUT2D eigenvalue weighted by molar-refractivity contribution is 5.81. The number of benzene rings is 1. The Kier molecular flexibility index (Phi) is 5.48. The smallest absolute Gasteiger partial charge is 0.237 e. The van der Waals surface area contributed by atoms with Gasteiger partial charge in [-0.25, -0.2) is 4.39 Å². The number of nitrogens with zero attached hydrogens (tertiary/aromatic N) is 2.